The highest BCUT2D eigenvalue weighted by atomic mass is 16.6. The second kappa shape index (κ2) is 8.94. The van der Waals surface area contributed by atoms with Crippen molar-refractivity contribution in [2.45, 2.75) is 0 Å². The quantitative estimate of drug-likeness (QED) is 0.343. The smallest absolute Gasteiger partial charge is 0.329 e. The molecule has 0 aliphatic rings. The van der Waals surface area contributed by atoms with Gasteiger partial charge in [-0.3, -0.25) is 19.7 Å². The minimum atomic E-state index is -1.02. The summed E-state index contributed by atoms with van der Waals surface area (Å²) in [5.74, 6) is -1.14. The molecule has 0 aromatic heterocycles. The number of hydrogen-bond donors (Lipinski definition) is 2. The summed E-state index contributed by atoms with van der Waals surface area (Å²) in [6, 6.07) is 10.3. The molecule has 10 heteroatoms. The molecule has 0 saturated carbocycles. The fourth-order valence-electron chi connectivity index (χ4n) is 2.02. The Morgan fingerprint density at radius 1 is 1.11 bits per heavy atom. The first-order chi connectivity index (χ1) is 12.9. The molecule has 2 rings (SSSR count). The number of carbonyl (C=O) groups excluding carboxylic acids is 2. The molecule has 0 atom stereocenters. The third-order valence-corrected chi connectivity index (χ3v) is 3.32. The molecule has 0 aliphatic heterocycles. The maximum absolute atomic E-state index is 11.9. The van der Waals surface area contributed by atoms with Crippen molar-refractivity contribution in [3.8, 4) is 11.5 Å². The number of hydrogen-bond acceptors (Lipinski definition) is 7. The van der Waals surface area contributed by atoms with E-state index < -0.39 is 16.7 Å². The number of carbonyl (C=O) groups is 2. The van der Waals surface area contributed by atoms with E-state index in [1.54, 1.807) is 18.2 Å². The molecule has 2 aromatic rings. The minimum Gasteiger partial charge on any atom is -0.497 e. The van der Waals surface area contributed by atoms with E-state index in [0.717, 1.165) is 0 Å². The van der Waals surface area contributed by atoms with Crippen LogP contribution in [0.4, 0.5) is 11.4 Å². The number of nitrogens with one attached hydrogen (secondary N) is 2. The number of rotatable bonds is 6. The second-order valence-corrected chi connectivity index (χ2v) is 5.07. The van der Waals surface area contributed by atoms with E-state index in [1.165, 1.54) is 44.7 Å². The number of non-ortho nitro benzene ring substituents is 1. The van der Waals surface area contributed by atoms with Gasteiger partial charge in [0.25, 0.3) is 5.69 Å². The van der Waals surface area contributed by atoms with Gasteiger partial charge in [0, 0.05) is 23.8 Å². The SMILES string of the molecule is COc1ccc(NC(=O)C(=O)NN=Cc2cccc([N+](=O)[O-])c2)c(OC)c1. The average molecular weight is 372 g/mol. The number of amides is 2. The number of methoxy groups -OCH3 is 2. The first-order valence-electron chi connectivity index (χ1n) is 7.55. The Balaban J connectivity index is 1.99. The average Bonchev–Trinajstić information content (AvgIpc) is 2.68. The van der Waals surface area contributed by atoms with Gasteiger partial charge < -0.3 is 14.8 Å². The highest BCUT2D eigenvalue weighted by Gasteiger charge is 2.15. The number of anilines is 1. The fraction of sp³-hybridized carbons (Fsp3) is 0.118. The highest BCUT2D eigenvalue weighted by Crippen LogP contribution is 2.28. The van der Waals surface area contributed by atoms with Crippen molar-refractivity contribution >= 4 is 29.4 Å². The van der Waals surface area contributed by atoms with E-state index in [4.69, 9.17) is 9.47 Å². The van der Waals surface area contributed by atoms with Crippen molar-refractivity contribution in [1.82, 2.24) is 5.43 Å². The Hall–Kier alpha value is -3.95. The van der Waals surface area contributed by atoms with Crippen molar-refractivity contribution in [3.05, 3.63) is 58.1 Å². The molecule has 10 nitrogen and oxygen atoms in total. The van der Waals surface area contributed by atoms with Crippen LogP contribution in [0, 0.1) is 10.1 Å². The normalized spacial score (nSPS) is 10.3. The first kappa shape index (κ1) is 19.4. The Bertz CT molecular complexity index is 897. The zero-order chi connectivity index (χ0) is 19.8. The minimum absolute atomic E-state index is 0.116. The number of nitro benzene ring substituents is 1. The van der Waals surface area contributed by atoms with Gasteiger partial charge in [-0.15, -0.1) is 0 Å². The molecule has 0 unspecified atom stereocenters. The summed E-state index contributed by atoms with van der Waals surface area (Å²) in [7, 11) is 2.90. The van der Waals surface area contributed by atoms with Gasteiger partial charge in [-0.1, -0.05) is 12.1 Å². The number of benzene rings is 2. The van der Waals surface area contributed by atoms with Crippen LogP contribution in [0.5, 0.6) is 11.5 Å². The Morgan fingerprint density at radius 2 is 1.89 bits per heavy atom. The van der Waals surface area contributed by atoms with Gasteiger partial charge in [-0.25, -0.2) is 5.43 Å². The molecule has 0 heterocycles. The van der Waals surface area contributed by atoms with Gasteiger partial charge >= 0.3 is 11.8 Å². The molecule has 140 valence electrons. The lowest BCUT2D eigenvalue weighted by Crippen LogP contribution is -2.32. The number of nitro groups is 1. The van der Waals surface area contributed by atoms with Gasteiger partial charge in [0.2, 0.25) is 0 Å². The summed E-state index contributed by atoms with van der Waals surface area (Å²) in [6.45, 7) is 0. The fourth-order valence-corrected chi connectivity index (χ4v) is 2.02. The summed E-state index contributed by atoms with van der Waals surface area (Å²) in [5.41, 5.74) is 2.60. The van der Waals surface area contributed by atoms with Crippen LogP contribution < -0.4 is 20.2 Å². The first-order valence-corrected chi connectivity index (χ1v) is 7.55. The molecule has 0 fully saturated rings. The van der Waals surface area contributed by atoms with E-state index in [1.807, 2.05) is 5.43 Å². The highest BCUT2D eigenvalue weighted by molar-refractivity contribution is 6.39. The van der Waals surface area contributed by atoms with Gasteiger partial charge in [0.05, 0.1) is 31.0 Å². The van der Waals surface area contributed by atoms with Gasteiger partial charge in [-0.2, -0.15) is 5.10 Å². The van der Waals surface area contributed by atoms with Crippen molar-refractivity contribution in [3.63, 3.8) is 0 Å². The van der Waals surface area contributed by atoms with Crippen molar-refractivity contribution in [2.24, 2.45) is 5.10 Å². The van der Waals surface area contributed by atoms with Crippen LogP contribution in [0.15, 0.2) is 47.6 Å². The monoisotopic (exact) mass is 372 g/mol. The van der Waals surface area contributed by atoms with Gasteiger partial charge in [0.1, 0.15) is 11.5 Å². The molecule has 0 spiro atoms. The van der Waals surface area contributed by atoms with Crippen LogP contribution in [-0.4, -0.2) is 37.2 Å². The molecular weight excluding hydrogens is 356 g/mol. The summed E-state index contributed by atoms with van der Waals surface area (Å²) in [5, 5.41) is 16.7. The standard InChI is InChI=1S/C17H16N4O6/c1-26-13-6-7-14(15(9-13)27-2)19-16(22)17(23)20-18-10-11-4-3-5-12(8-11)21(24)25/h3-10H,1-2H3,(H,19,22)(H,20,23). The van der Waals surface area contributed by atoms with Gasteiger partial charge in [0.15, 0.2) is 0 Å². The predicted octanol–water partition coefficient (Wildman–Crippen LogP) is 1.70. The Kier molecular flexibility index (Phi) is 6.42. The maximum atomic E-state index is 11.9. The maximum Gasteiger partial charge on any atom is 0.329 e. The molecule has 2 aromatic carbocycles. The van der Waals surface area contributed by atoms with Crippen LogP contribution in [0.3, 0.4) is 0 Å². The third kappa shape index (κ3) is 5.26. The molecule has 2 amide bonds. The van der Waals surface area contributed by atoms with Gasteiger partial charge in [-0.05, 0) is 12.1 Å². The van der Waals surface area contributed by atoms with Crippen LogP contribution in [0.1, 0.15) is 5.56 Å². The lowest BCUT2D eigenvalue weighted by atomic mass is 10.2. The topological polar surface area (TPSA) is 132 Å². The third-order valence-electron chi connectivity index (χ3n) is 3.32. The van der Waals surface area contributed by atoms with E-state index in [9.17, 15) is 19.7 Å². The zero-order valence-corrected chi connectivity index (χ0v) is 14.5. The number of nitrogens with zero attached hydrogens (tertiary/aromatic N) is 2. The second-order valence-electron chi connectivity index (χ2n) is 5.07. The lowest BCUT2D eigenvalue weighted by Gasteiger charge is -2.10. The lowest BCUT2D eigenvalue weighted by molar-refractivity contribution is -0.384. The Morgan fingerprint density at radius 3 is 2.56 bits per heavy atom. The van der Waals surface area contributed by atoms with Crippen molar-refractivity contribution in [2.75, 3.05) is 19.5 Å². The number of hydrazone groups is 1. The van der Waals surface area contributed by atoms with Crippen LogP contribution in [-0.2, 0) is 9.59 Å². The van der Waals surface area contributed by atoms with Crippen molar-refractivity contribution < 1.29 is 24.0 Å². The van der Waals surface area contributed by atoms with Crippen LogP contribution in [0.25, 0.3) is 0 Å². The predicted molar refractivity (Wildman–Crippen MR) is 97.0 cm³/mol. The van der Waals surface area contributed by atoms with Crippen LogP contribution in [0.2, 0.25) is 0 Å². The molecule has 2 N–H and O–H groups in total. The van der Waals surface area contributed by atoms with E-state index >= 15 is 0 Å². The Labute approximate surface area is 153 Å². The molecule has 0 aliphatic carbocycles. The largest absolute Gasteiger partial charge is 0.497 e. The number of ether oxygens (including phenoxy) is 2. The summed E-state index contributed by atoms with van der Waals surface area (Å²) >= 11 is 0. The molecule has 0 saturated heterocycles. The molecular formula is C17H16N4O6. The summed E-state index contributed by atoms with van der Waals surface area (Å²) in [4.78, 5) is 33.9. The zero-order valence-electron chi connectivity index (χ0n) is 14.5. The van der Waals surface area contributed by atoms with Crippen LogP contribution >= 0.6 is 0 Å². The van der Waals surface area contributed by atoms with E-state index in [2.05, 4.69) is 10.4 Å². The van der Waals surface area contributed by atoms with Crippen molar-refractivity contribution in [1.29, 1.82) is 0 Å². The summed E-state index contributed by atoms with van der Waals surface area (Å²) < 4.78 is 10.2. The molecule has 0 bridgehead atoms. The molecule has 27 heavy (non-hydrogen) atoms. The van der Waals surface area contributed by atoms with E-state index in [-0.39, 0.29) is 11.4 Å². The molecule has 0 radical (unpaired) electrons. The van der Waals surface area contributed by atoms with E-state index in [0.29, 0.717) is 17.1 Å². The summed E-state index contributed by atoms with van der Waals surface area (Å²) in [6.07, 6.45) is 1.19.